The van der Waals surface area contributed by atoms with E-state index in [9.17, 15) is 9.59 Å². The van der Waals surface area contributed by atoms with E-state index in [4.69, 9.17) is 16.7 Å². The van der Waals surface area contributed by atoms with Crippen LogP contribution in [0, 0.1) is 0 Å². The van der Waals surface area contributed by atoms with Crippen LogP contribution < -0.4 is 10.6 Å². The van der Waals surface area contributed by atoms with Crippen LogP contribution in [0.5, 0.6) is 0 Å². The Morgan fingerprint density at radius 1 is 1.08 bits per heavy atom. The van der Waals surface area contributed by atoms with Crippen molar-refractivity contribution >= 4 is 23.6 Å². The zero-order valence-electron chi connectivity index (χ0n) is 13.5. The first kappa shape index (κ1) is 17.3. The summed E-state index contributed by atoms with van der Waals surface area (Å²) in [6, 6.07) is 14.2. The van der Waals surface area contributed by atoms with Gasteiger partial charge < -0.3 is 15.7 Å². The lowest BCUT2D eigenvalue weighted by Gasteiger charge is -2.36. The Balaban J connectivity index is 1.42. The Bertz CT molecular complexity index is 770. The fourth-order valence-electron chi connectivity index (χ4n) is 2.98. The molecule has 1 aliphatic rings. The van der Waals surface area contributed by atoms with Crippen molar-refractivity contribution in [2.24, 2.45) is 0 Å². The number of amides is 2. The smallest absolute Gasteiger partial charge is 0.335 e. The fourth-order valence-corrected chi connectivity index (χ4v) is 3.27. The first-order valence-corrected chi connectivity index (χ1v) is 8.51. The molecule has 2 amide bonds. The van der Waals surface area contributed by atoms with E-state index in [1.54, 1.807) is 12.1 Å². The van der Waals surface area contributed by atoms with Crippen LogP contribution in [0.4, 0.5) is 4.79 Å². The van der Waals surface area contributed by atoms with Crippen molar-refractivity contribution in [2.75, 3.05) is 0 Å². The van der Waals surface area contributed by atoms with Gasteiger partial charge in [0, 0.05) is 17.6 Å². The van der Waals surface area contributed by atoms with Crippen molar-refractivity contribution in [1.29, 1.82) is 0 Å². The molecule has 1 saturated carbocycles. The highest BCUT2D eigenvalue weighted by Gasteiger charge is 2.32. The molecule has 130 valence electrons. The van der Waals surface area contributed by atoms with E-state index >= 15 is 0 Å². The molecule has 0 radical (unpaired) electrons. The summed E-state index contributed by atoms with van der Waals surface area (Å²) in [7, 11) is 0. The molecule has 0 spiro atoms. The van der Waals surface area contributed by atoms with Gasteiger partial charge in [0.25, 0.3) is 0 Å². The first-order valence-electron chi connectivity index (χ1n) is 8.14. The summed E-state index contributed by atoms with van der Waals surface area (Å²) < 4.78 is 0. The molecule has 0 unspecified atom stereocenters. The molecule has 0 saturated heterocycles. The van der Waals surface area contributed by atoms with Gasteiger partial charge in [0.2, 0.25) is 0 Å². The number of carbonyl (C=O) groups is 2. The van der Waals surface area contributed by atoms with Gasteiger partial charge in [0.15, 0.2) is 0 Å². The molecule has 6 heteroatoms. The average molecular weight is 359 g/mol. The summed E-state index contributed by atoms with van der Waals surface area (Å²) in [5, 5.41) is 15.4. The zero-order valence-corrected chi connectivity index (χ0v) is 14.3. The molecular weight excluding hydrogens is 340 g/mol. The molecule has 0 aromatic heterocycles. The van der Waals surface area contributed by atoms with Crippen LogP contribution in [-0.4, -0.2) is 23.1 Å². The normalized spacial score (nSPS) is 18.9. The monoisotopic (exact) mass is 358 g/mol. The van der Waals surface area contributed by atoms with Gasteiger partial charge in [0.1, 0.15) is 0 Å². The van der Waals surface area contributed by atoms with Gasteiger partial charge in [-0.3, -0.25) is 0 Å². The van der Waals surface area contributed by atoms with Crippen molar-refractivity contribution in [3.05, 3.63) is 70.2 Å². The summed E-state index contributed by atoms with van der Waals surface area (Å²) in [4.78, 5) is 22.8. The third-order valence-electron chi connectivity index (χ3n) is 4.47. The number of nitrogens with one attached hydrogen (secondary N) is 2. The minimum atomic E-state index is -0.963. The molecular formula is C19H19ClN2O3. The molecule has 25 heavy (non-hydrogen) atoms. The molecule has 0 atom stereocenters. The van der Waals surface area contributed by atoms with Crippen LogP contribution in [0.15, 0.2) is 48.5 Å². The highest BCUT2D eigenvalue weighted by Crippen LogP contribution is 2.39. The van der Waals surface area contributed by atoms with E-state index < -0.39 is 5.97 Å². The summed E-state index contributed by atoms with van der Waals surface area (Å²) in [6.07, 6.45) is 1.76. The number of hydrogen-bond acceptors (Lipinski definition) is 2. The SMILES string of the molecule is O=C(NCc1ccc(C(=O)O)cc1)NC1CC(c2ccccc2Cl)C1. The maximum atomic E-state index is 12.0. The average Bonchev–Trinajstić information content (AvgIpc) is 2.57. The van der Waals surface area contributed by atoms with Gasteiger partial charge in [-0.25, -0.2) is 9.59 Å². The number of urea groups is 1. The van der Waals surface area contributed by atoms with Gasteiger partial charge in [-0.05, 0) is 48.1 Å². The molecule has 3 rings (SSSR count). The standard InChI is InChI=1S/C19H19ClN2O3/c20-17-4-2-1-3-16(17)14-9-15(10-14)22-19(25)21-11-12-5-7-13(8-6-12)18(23)24/h1-8,14-15H,9-11H2,(H,23,24)(H2,21,22,25). The van der Waals surface area contributed by atoms with Crippen LogP contribution in [0.1, 0.15) is 40.2 Å². The maximum Gasteiger partial charge on any atom is 0.335 e. The molecule has 0 aliphatic heterocycles. The van der Waals surface area contributed by atoms with Crippen LogP contribution in [0.2, 0.25) is 5.02 Å². The molecule has 1 aliphatic carbocycles. The Morgan fingerprint density at radius 3 is 2.40 bits per heavy atom. The highest BCUT2D eigenvalue weighted by molar-refractivity contribution is 6.31. The molecule has 3 N–H and O–H groups in total. The predicted octanol–water partition coefficient (Wildman–Crippen LogP) is 3.78. The van der Waals surface area contributed by atoms with Gasteiger partial charge in [0.05, 0.1) is 5.56 Å². The van der Waals surface area contributed by atoms with Crippen molar-refractivity contribution in [3.8, 4) is 0 Å². The Morgan fingerprint density at radius 2 is 1.76 bits per heavy atom. The second kappa shape index (κ2) is 7.57. The summed E-state index contributed by atoms with van der Waals surface area (Å²) >= 11 is 6.20. The highest BCUT2D eigenvalue weighted by atomic mass is 35.5. The van der Waals surface area contributed by atoms with Gasteiger partial charge >= 0.3 is 12.0 Å². The number of hydrogen-bond donors (Lipinski definition) is 3. The number of carboxylic acid groups (broad SMARTS) is 1. The third kappa shape index (κ3) is 4.31. The van der Waals surface area contributed by atoms with E-state index in [1.165, 1.54) is 12.1 Å². The van der Waals surface area contributed by atoms with Crippen molar-refractivity contribution in [2.45, 2.75) is 31.3 Å². The van der Waals surface area contributed by atoms with Crippen LogP contribution in [0.3, 0.4) is 0 Å². The summed E-state index contributed by atoms with van der Waals surface area (Å²) in [6.45, 7) is 0.354. The number of carbonyl (C=O) groups excluding carboxylic acids is 1. The van der Waals surface area contributed by atoms with E-state index in [1.807, 2.05) is 24.3 Å². The van der Waals surface area contributed by atoms with E-state index in [-0.39, 0.29) is 17.6 Å². The minimum Gasteiger partial charge on any atom is -0.478 e. The second-order valence-corrected chi connectivity index (χ2v) is 6.62. The summed E-state index contributed by atoms with van der Waals surface area (Å²) in [5.41, 5.74) is 2.22. The largest absolute Gasteiger partial charge is 0.478 e. The van der Waals surface area contributed by atoms with Gasteiger partial charge in [-0.2, -0.15) is 0 Å². The van der Waals surface area contributed by atoms with Gasteiger partial charge in [-0.15, -0.1) is 0 Å². The van der Waals surface area contributed by atoms with Crippen LogP contribution in [0.25, 0.3) is 0 Å². The quantitative estimate of drug-likeness (QED) is 0.761. The second-order valence-electron chi connectivity index (χ2n) is 6.22. The minimum absolute atomic E-state index is 0.149. The molecule has 0 bridgehead atoms. The van der Waals surface area contributed by atoms with Gasteiger partial charge in [-0.1, -0.05) is 41.9 Å². The van der Waals surface area contributed by atoms with E-state index in [0.29, 0.717) is 12.5 Å². The Labute approximate surface area is 151 Å². The van der Waals surface area contributed by atoms with Crippen molar-refractivity contribution in [1.82, 2.24) is 10.6 Å². The third-order valence-corrected chi connectivity index (χ3v) is 4.82. The maximum absolute atomic E-state index is 12.0. The van der Waals surface area contributed by atoms with E-state index in [2.05, 4.69) is 10.6 Å². The topological polar surface area (TPSA) is 78.4 Å². The number of carboxylic acids is 1. The first-order chi connectivity index (χ1) is 12.0. The molecule has 2 aromatic rings. The molecule has 0 heterocycles. The number of halogens is 1. The Kier molecular flexibility index (Phi) is 5.24. The molecule has 2 aromatic carbocycles. The zero-order chi connectivity index (χ0) is 17.8. The number of benzene rings is 2. The Hall–Kier alpha value is -2.53. The van der Waals surface area contributed by atoms with Crippen molar-refractivity contribution < 1.29 is 14.7 Å². The molecule has 1 fully saturated rings. The number of rotatable bonds is 5. The summed E-state index contributed by atoms with van der Waals surface area (Å²) in [5.74, 6) is -0.571. The lowest BCUT2D eigenvalue weighted by atomic mass is 9.76. The molecule has 5 nitrogen and oxygen atoms in total. The lowest BCUT2D eigenvalue weighted by molar-refractivity contribution is 0.0697. The van der Waals surface area contributed by atoms with Crippen molar-refractivity contribution in [3.63, 3.8) is 0 Å². The predicted molar refractivity (Wildman–Crippen MR) is 96.0 cm³/mol. The lowest BCUT2D eigenvalue weighted by Crippen LogP contribution is -2.47. The van der Waals surface area contributed by atoms with E-state index in [0.717, 1.165) is 29.0 Å². The van der Waals surface area contributed by atoms with Crippen LogP contribution >= 0.6 is 11.6 Å². The van der Waals surface area contributed by atoms with Crippen LogP contribution in [-0.2, 0) is 6.54 Å². The fraction of sp³-hybridized carbons (Fsp3) is 0.263. The number of aromatic carboxylic acids is 1.